The van der Waals surface area contributed by atoms with Crippen molar-refractivity contribution < 1.29 is 18.7 Å². The van der Waals surface area contributed by atoms with Crippen molar-refractivity contribution in [2.45, 2.75) is 69.9 Å². The van der Waals surface area contributed by atoms with E-state index in [0.29, 0.717) is 18.9 Å². The normalized spacial score (nSPS) is 16.1. The molecule has 0 radical (unpaired) electrons. The molecule has 8 nitrogen and oxygen atoms in total. The summed E-state index contributed by atoms with van der Waals surface area (Å²) >= 11 is 0. The highest BCUT2D eigenvalue weighted by Crippen LogP contribution is 2.40. The van der Waals surface area contributed by atoms with Gasteiger partial charge in [-0.1, -0.05) is 13.0 Å². The highest BCUT2D eigenvalue weighted by atomic mass is 19.3. The van der Waals surface area contributed by atoms with Crippen molar-refractivity contribution in [2.24, 2.45) is 0 Å². The van der Waals surface area contributed by atoms with E-state index in [1.807, 2.05) is 18.0 Å². The largest absolute Gasteiger partial charge is 0.480 e. The van der Waals surface area contributed by atoms with Gasteiger partial charge in [0, 0.05) is 44.4 Å². The van der Waals surface area contributed by atoms with E-state index in [4.69, 9.17) is 0 Å². The van der Waals surface area contributed by atoms with Crippen molar-refractivity contribution in [3.8, 4) is 0 Å². The number of pyridine rings is 1. The van der Waals surface area contributed by atoms with Gasteiger partial charge >= 0.3 is 5.97 Å². The van der Waals surface area contributed by atoms with E-state index in [2.05, 4.69) is 38.6 Å². The van der Waals surface area contributed by atoms with Gasteiger partial charge in [-0.05, 0) is 56.3 Å². The van der Waals surface area contributed by atoms with Crippen molar-refractivity contribution in [1.29, 1.82) is 0 Å². The molecule has 0 saturated heterocycles. The van der Waals surface area contributed by atoms with Crippen LogP contribution in [0.4, 0.5) is 20.4 Å². The topological polar surface area (TPSA) is 103 Å². The molecule has 2 aromatic heterocycles. The standard InChI is InChI=1S/C24H34F2N6O2/c1-3-17-7-8-18(30-22(17)27-2)6-4-5-12-32(19-14-24(25,26)15-19)13-10-20(23(33)34)31-21-9-11-28-16-29-21/h7-9,11,16,19-20H,3-6,10,12-15H2,1-2H3,(H,27,30)(H,33,34)(H,28,29,31). The second-order valence-corrected chi connectivity index (χ2v) is 8.74. The number of unbranched alkanes of at least 4 members (excludes halogenated alkanes) is 1. The van der Waals surface area contributed by atoms with E-state index in [0.717, 1.165) is 37.2 Å². The number of alkyl halides is 2. The average molecular weight is 477 g/mol. The number of hydrogen-bond donors (Lipinski definition) is 3. The Hall–Kier alpha value is -2.88. The van der Waals surface area contributed by atoms with Gasteiger partial charge in [-0.15, -0.1) is 0 Å². The maximum atomic E-state index is 13.5. The van der Waals surface area contributed by atoms with Crippen LogP contribution in [0, 0.1) is 0 Å². The van der Waals surface area contributed by atoms with Gasteiger partial charge in [0.15, 0.2) is 0 Å². The van der Waals surface area contributed by atoms with Crippen LogP contribution in [0.25, 0.3) is 0 Å². The molecule has 0 bridgehead atoms. The Bertz CT molecular complexity index is 923. The molecule has 1 saturated carbocycles. The van der Waals surface area contributed by atoms with Gasteiger partial charge in [-0.25, -0.2) is 28.5 Å². The first-order chi connectivity index (χ1) is 16.3. The van der Waals surface area contributed by atoms with Crippen molar-refractivity contribution in [1.82, 2.24) is 19.9 Å². The molecule has 2 heterocycles. The second-order valence-electron chi connectivity index (χ2n) is 8.74. The van der Waals surface area contributed by atoms with Crippen molar-refractivity contribution in [3.63, 3.8) is 0 Å². The lowest BCUT2D eigenvalue weighted by atomic mass is 9.86. The molecule has 1 aliphatic carbocycles. The molecule has 3 N–H and O–H groups in total. The molecule has 0 amide bonds. The first kappa shape index (κ1) is 25.7. The van der Waals surface area contributed by atoms with Crippen LogP contribution >= 0.6 is 0 Å². The zero-order valence-corrected chi connectivity index (χ0v) is 19.8. The molecule has 1 atom stereocenters. The number of rotatable bonds is 14. The summed E-state index contributed by atoms with van der Waals surface area (Å²) in [5, 5.41) is 15.6. The summed E-state index contributed by atoms with van der Waals surface area (Å²) in [6.45, 7) is 3.16. The fourth-order valence-electron chi connectivity index (χ4n) is 4.26. The molecule has 1 aliphatic rings. The quantitative estimate of drug-likeness (QED) is 0.353. The minimum atomic E-state index is -2.62. The van der Waals surface area contributed by atoms with E-state index in [-0.39, 0.29) is 25.3 Å². The lowest BCUT2D eigenvalue weighted by Crippen LogP contribution is -2.52. The maximum absolute atomic E-state index is 13.5. The molecule has 3 rings (SSSR count). The van der Waals surface area contributed by atoms with E-state index < -0.39 is 17.9 Å². The SMILES string of the molecule is CCc1ccc(CCCCN(CCC(Nc2ccncn2)C(=O)O)C2CC(F)(F)C2)nc1NC. The monoisotopic (exact) mass is 476 g/mol. The minimum absolute atomic E-state index is 0.171. The number of carbonyl (C=O) groups is 1. The number of anilines is 2. The molecule has 1 unspecified atom stereocenters. The van der Waals surface area contributed by atoms with Crippen LogP contribution in [0.3, 0.4) is 0 Å². The second kappa shape index (κ2) is 12.0. The number of hydrogen-bond acceptors (Lipinski definition) is 7. The zero-order valence-electron chi connectivity index (χ0n) is 19.8. The molecule has 1 fully saturated rings. The third-order valence-corrected chi connectivity index (χ3v) is 6.27. The van der Waals surface area contributed by atoms with Gasteiger partial charge in [-0.3, -0.25) is 4.90 Å². The summed E-state index contributed by atoms with van der Waals surface area (Å²) < 4.78 is 27.1. The van der Waals surface area contributed by atoms with E-state index >= 15 is 0 Å². The number of aryl methyl sites for hydroxylation is 2. The Kier molecular flexibility index (Phi) is 9.09. The number of nitrogens with one attached hydrogen (secondary N) is 2. The molecule has 2 aromatic rings. The van der Waals surface area contributed by atoms with Gasteiger partial charge < -0.3 is 15.7 Å². The van der Waals surface area contributed by atoms with Gasteiger partial charge in [0.25, 0.3) is 5.92 Å². The van der Waals surface area contributed by atoms with Crippen molar-refractivity contribution in [3.05, 3.63) is 42.0 Å². The Balaban J connectivity index is 1.53. The highest BCUT2D eigenvalue weighted by Gasteiger charge is 2.47. The summed E-state index contributed by atoms with van der Waals surface area (Å²) in [5.41, 5.74) is 2.18. The van der Waals surface area contributed by atoms with E-state index in [1.165, 1.54) is 18.1 Å². The lowest BCUT2D eigenvalue weighted by Gasteiger charge is -2.43. The highest BCUT2D eigenvalue weighted by molar-refractivity contribution is 5.76. The van der Waals surface area contributed by atoms with Crippen LogP contribution < -0.4 is 10.6 Å². The van der Waals surface area contributed by atoms with Crippen LogP contribution in [0.15, 0.2) is 30.7 Å². The molecular weight excluding hydrogens is 442 g/mol. The number of carboxylic acids is 1. The summed E-state index contributed by atoms with van der Waals surface area (Å²) in [6, 6.07) is 4.65. The fourth-order valence-corrected chi connectivity index (χ4v) is 4.26. The third kappa shape index (κ3) is 7.31. The zero-order chi connectivity index (χ0) is 24.6. The predicted octanol–water partition coefficient (Wildman–Crippen LogP) is 3.85. The molecule has 34 heavy (non-hydrogen) atoms. The van der Waals surface area contributed by atoms with Crippen LogP contribution in [0.2, 0.25) is 0 Å². The Morgan fingerprint density at radius 3 is 2.68 bits per heavy atom. The number of carboxylic acid groups (broad SMARTS) is 1. The minimum Gasteiger partial charge on any atom is -0.480 e. The number of aromatic nitrogens is 3. The molecule has 186 valence electrons. The fraction of sp³-hybridized carbons (Fsp3) is 0.583. The smallest absolute Gasteiger partial charge is 0.326 e. The van der Waals surface area contributed by atoms with Crippen LogP contribution in [-0.4, -0.2) is 69.1 Å². The predicted molar refractivity (Wildman–Crippen MR) is 127 cm³/mol. The lowest BCUT2D eigenvalue weighted by molar-refractivity contribution is -0.139. The number of aliphatic carboxylic acids is 1. The first-order valence-corrected chi connectivity index (χ1v) is 11.8. The molecular formula is C24H34F2N6O2. The van der Waals surface area contributed by atoms with Crippen molar-refractivity contribution in [2.75, 3.05) is 30.8 Å². The number of halogens is 2. The summed E-state index contributed by atoms with van der Waals surface area (Å²) in [4.78, 5) is 26.3. The van der Waals surface area contributed by atoms with E-state index in [1.54, 1.807) is 6.07 Å². The van der Waals surface area contributed by atoms with Gasteiger partial charge in [0.05, 0.1) is 0 Å². The molecule has 0 aliphatic heterocycles. The molecule has 10 heteroatoms. The van der Waals surface area contributed by atoms with Gasteiger partial charge in [0.2, 0.25) is 0 Å². The van der Waals surface area contributed by atoms with Gasteiger partial charge in [-0.2, -0.15) is 0 Å². The Labute approximate surface area is 199 Å². The number of nitrogens with zero attached hydrogens (tertiary/aromatic N) is 4. The summed E-state index contributed by atoms with van der Waals surface area (Å²) in [6.07, 6.45) is 6.23. The van der Waals surface area contributed by atoms with Crippen LogP contribution in [0.1, 0.15) is 50.3 Å². The summed E-state index contributed by atoms with van der Waals surface area (Å²) in [5.74, 6) is -2.30. The van der Waals surface area contributed by atoms with Crippen LogP contribution in [0.5, 0.6) is 0 Å². The first-order valence-electron chi connectivity index (χ1n) is 11.8. The van der Waals surface area contributed by atoms with Crippen LogP contribution in [-0.2, 0) is 17.6 Å². The van der Waals surface area contributed by atoms with E-state index in [9.17, 15) is 18.7 Å². The Morgan fingerprint density at radius 2 is 2.06 bits per heavy atom. The Morgan fingerprint density at radius 1 is 1.26 bits per heavy atom. The van der Waals surface area contributed by atoms with Crippen molar-refractivity contribution >= 4 is 17.6 Å². The molecule has 0 aromatic carbocycles. The third-order valence-electron chi connectivity index (χ3n) is 6.27. The molecule has 0 spiro atoms. The maximum Gasteiger partial charge on any atom is 0.326 e. The summed E-state index contributed by atoms with van der Waals surface area (Å²) in [7, 11) is 1.86. The average Bonchev–Trinajstić information content (AvgIpc) is 2.81. The van der Waals surface area contributed by atoms with Gasteiger partial charge in [0.1, 0.15) is 24.0 Å².